The second-order valence-corrected chi connectivity index (χ2v) is 6.73. The minimum atomic E-state index is 0.171. The first-order chi connectivity index (χ1) is 11.1. The third-order valence-corrected chi connectivity index (χ3v) is 4.70. The van der Waals surface area contributed by atoms with E-state index in [9.17, 15) is 0 Å². The molecule has 126 valence electrons. The molecule has 3 unspecified atom stereocenters. The van der Waals surface area contributed by atoms with Crippen LogP contribution in [0.2, 0.25) is 0 Å². The topological polar surface area (TPSA) is 68.9 Å². The molecule has 1 fully saturated rings. The highest BCUT2D eigenvalue weighted by Crippen LogP contribution is 2.31. The number of aliphatic imine (C=N–C) groups is 1. The molecule has 0 saturated carbocycles. The predicted molar refractivity (Wildman–Crippen MR) is 91.6 cm³/mol. The molecule has 1 saturated heterocycles. The van der Waals surface area contributed by atoms with Crippen molar-refractivity contribution in [3.63, 3.8) is 0 Å². The van der Waals surface area contributed by atoms with E-state index in [-0.39, 0.29) is 6.04 Å². The van der Waals surface area contributed by atoms with Gasteiger partial charge in [0.2, 0.25) is 0 Å². The van der Waals surface area contributed by atoms with Crippen LogP contribution in [0.3, 0.4) is 0 Å². The van der Waals surface area contributed by atoms with E-state index >= 15 is 0 Å². The average molecular weight is 317 g/mol. The van der Waals surface area contributed by atoms with E-state index in [0.717, 1.165) is 37.3 Å². The molecule has 5 heteroatoms. The van der Waals surface area contributed by atoms with Crippen molar-refractivity contribution < 1.29 is 9.47 Å². The van der Waals surface area contributed by atoms with Gasteiger partial charge in [0.25, 0.3) is 0 Å². The molecule has 3 atom stereocenters. The normalized spacial score (nSPS) is 27.6. The van der Waals surface area contributed by atoms with Crippen LogP contribution in [0.15, 0.2) is 29.3 Å². The van der Waals surface area contributed by atoms with Crippen LogP contribution < -0.4 is 15.8 Å². The maximum absolute atomic E-state index is 6.12. The molecule has 3 rings (SSSR count). The molecule has 3 N–H and O–H groups in total. The monoisotopic (exact) mass is 317 g/mol. The van der Waals surface area contributed by atoms with Crippen molar-refractivity contribution in [2.45, 2.75) is 38.8 Å². The van der Waals surface area contributed by atoms with Crippen molar-refractivity contribution in [3.05, 3.63) is 29.8 Å². The van der Waals surface area contributed by atoms with Gasteiger partial charge in [-0.15, -0.1) is 0 Å². The lowest BCUT2D eigenvalue weighted by molar-refractivity contribution is 0.0559. The maximum Gasteiger partial charge on any atom is 0.189 e. The second kappa shape index (κ2) is 7.21. The van der Waals surface area contributed by atoms with Crippen molar-refractivity contribution in [3.8, 4) is 5.75 Å². The summed E-state index contributed by atoms with van der Waals surface area (Å²) in [6.45, 7) is 6.67. The summed E-state index contributed by atoms with van der Waals surface area (Å²) in [6, 6.07) is 8.27. The van der Waals surface area contributed by atoms with Gasteiger partial charge in [-0.25, -0.2) is 0 Å². The van der Waals surface area contributed by atoms with Crippen molar-refractivity contribution >= 4 is 5.96 Å². The van der Waals surface area contributed by atoms with E-state index in [1.165, 1.54) is 0 Å². The molecule has 23 heavy (non-hydrogen) atoms. The van der Waals surface area contributed by atoms with Crippen LogP contribution >= 0.6 is 0 Å². The van der Waals surface area contributed by atoms with Gasteiger partial charge < -0.3 is 20.5 Å². The summed E-state index contributed by atoms with van der Waals surface area (Å²) in [7, 11) is 0. The number of guanidine groups is 1. The number of fused-ring (bicyclic) bond motifs is 1. The SMILES string of the molecule is CC(C)C1OCCC1CN=C(N)NC1CCOc2ccccc21. The molecule has 5 nitrogen and oxygen atoms in total. The Bertz CT molecular complexity index is 559. The number of hydrogen-bond donors (Lipinski definition) is 2. The molecule has 0 bridgehead atoms. The summed E-state index contributed by atoms with van der Waals surface area (Å²) >= 11 is 0. The molecular formula is C18H27N3O2. The van der Waals surface area contributed by atoms with E-state index in [0.29, 0.717) is 30.5 Å². The highest BCUT2D eigenvalue weighted by molar-refractivity contribution is 5.78. The number of nitrogens with one attached hydrogen (secondary N) is 1. The lowest BCUT2D eigenvalue weighted by Gasteiger charge is -2.27. The van der Waals surface area contributed by atoms with Gasteiger partial charge in [-0.3, -0.25) is 4.99 Å². The molecule has 2 aliphatic heterocycles. The lowest BCUT2D eigenvalue weighted by atomic mass is 9.93. The first-order valence-corrected chi connectivity index (χ1v) is 8.55. The molecule has 1 aromatic carbocycles. The summed E-state index contributed by atoms with van der Waals surface area (Å²) < 4.78 is 11.5. The summed E-state index contributed by atoms with van der Waals surface area (Å²) in [5, 5.41) is 3.35. The Morgan fingerprint density at radius 1 is 1.30 bits per heavy atom. The maximum atomic E-state index is 6.12. The third kappa shape index (κ3) is 3.78. The van der Waals surface area contributed by atoms with Gasteiger partial charge in [-0.05, 0) is 18.4 Å². The minimum absolute atomic E-state index is 0.171. The number of nitrogens with zero attached hydrogens (tertiary/aromatic N) is 1. The molecule has 1 aromatic rings. The second-order valence-electron chi connectivity index (χ2n) is 6.73. The quantitative estimate of drug-likeness (QED) is 0.661. The average Bonchev–Trinajstić information content (AvgIpc) is 3.02. The molecular weight excluding hydrogens is 290 g/mol. The van der Waals surface area contributed by atoms with Crippen LogP contribution in [0.4, 0.5) is 0 Å². The number of hydrogen-bond acceptors (Lipinski definition) is 3. The van der Waals surface area contributed by atoms with Crippen LogP contribution in [0.5, 0.6) is 5.75 Å². The zero-order valence-electron chi connectivity index (χ0n) is 14.0. The van der Waals surface area contributed by atoms with Crippen molar-refractivity contribution in [1.29, 1.82) is 0 Å². The van der Waals surface area contributed by atoms with Gasteiger partial charge in [0.15, 0.2) is 5.96 Å². The lowest BCUT2D eigenvalue weighted by Crippen LogP contribution is -2.38. The molecule has 0 radical (unpaired) electrons. The van der Waals surface area contributed by atoms with Crippen molar-refractivity contribution in [1.82, 2.24) is 5.32 Å². The Labute approximate surface area is 138 Å². The van der Waals surface area contributed by atoms with Gasteiger partial charge in [0.1, 0.15) is 5.75 Å². The zero-order chi connectivity index (χ0) is 16.2. The summed E-state index contributed by atoms with van der Waals surface area (Å²) in [4.78, 5) is 4.57. The van der Waals surface area contributed by atoms with Gasteiger partial charge in [-0.2, -0.15) is 0 Å². The van der Waals surface area contributed by atoms with Gasteiger partial charge >= 0.3 is 0 Å². The molecule has 0 aromatic heterocycles. The van der Waals surface area contributed by atoms with E-state index in [1.807, 2.05) is 18.2 Å². The van der Waals surface area contributed by atoms with Gasteiger partial charge in [0.05, 0.1) is 18.8 Å². The predicted octanol–water partition coefficient (Wildman–Crippen LogP) is 2.48. The molecule has 0 spiro atoms. The summed E-state index contributed by atoms with van der Waals surface area (Å²) in [6.07, 6.45) is 2.27. The fourth-order valence-corrected chi connectivity index (χ4v) is 3.52. The third-order valence-electron chi connectivity index (χ3n) is 4.70. The Kier molecular flexibility index (Phi) is 5.06. The van der Waals surface area contributed by atoms with Crippen molar-refractivity contribution in [2.75, 3.05) is 19.8 Å². The number of para-hydroxylation sites is 1. The van der Waals surface area contributed by atoms with Gasteiger partial charge in [-0.1, -0.05) is 32.0 Å². The molecule has 0 aliphatic carbocycles. The van der Waals surface area contributed by atoms with E-state index in [1.54, 1.807) is 0 Å². The van der Waals surface area contributed by atoms with Crippen LogP contribution in [0.1, 0.15) is 38.3 Å². The zero-order valence-corrected chi connectivity index (χ0v) is 14.0. The fraction of sp³-hybridized carbons (Fsp3) is 0.611. The summed E-state index contributed by atoms with van der Waals surface area (Å²) in [5.74, 6) is 2.45. The molecule has 2 aliphatic rings. The number of rotatable bonds is 4. The van der Waals surface area contributed by atoms with Crippen LogP contribution in [-0.4, -0.2) is 31.8 Å². The van der Waals surface area contributed by atoms with E-state index in [2.05, 4.69) is 30.2 Å². The molecule has 0 amide bonds. The number of benzene rings is 1. The number of ether oxygens (including phenoxy) is 2. The smallest absolute Gasteiger partial charge is 0.189 e. The van der Waals surface area contributed by atoms with Crippen molar-refractivity contribution in [2.24, 2.45) is 22.6 Å². The molecule has 2 heterocycles. The Morgan fingerprint density at radius 2 is 2.13 bits per heavy atom. The van der Waals surface area contributed by atoms with Crippen LogP contribution in [0, 0.1) is 11.8 Å². The van der Waals surface area contributed by atoms with E-state index < -0.39 is 0 Å². The Balaban J connectivity index is 1.60. The fourth-order valence-electron chi connectivity index (χ4n) is 3.52. The summed E-state index contributed by atoms with van der Waals surface area (Å²) in [5.41, 5.74) is 7.27. The highest BCUT2D eigenvalue weighted by Gasteiger charge is 2.30. The largest absolute Gasteiger partial charge is 0.493 e. The first kappa shape index (κ1) is 16.1. The Morgan fingerprint density at radius 3 is 2.96 bits per heavy atom. The standard InChI is InChI=1S/C18H27N3O2/c1-12(2)17-13(7-9-23-17)11-20-18(19)21-15-8-10-22-16-6-4-3-5-14(15)16/h3-6,12-13,15,17H,7-11H2,1-2H3,(H3,19,20,21). The first-order valence-electron chi connectivity index (χ1n) is 8.55. The minimum Gasteiger partial charge on any atom is -0.493 e. The van der Waals surface area contributed by atoms with E-state index in [4.69, 9.17) is 15.2 Å². The van der Waals surface area contributed by atoms with Crippen LogP contribution in [-0.2, 0) is 4.74 Å². The number of nitrogens with two attached hydrogens (primary N) is 1. The highest BCUT2D eigenvalue weighted by atomic mass is 16.5. The van der Waals surface area contributed by atoms with Gasteiger partial charge in [0, 0.05) is 31.1 Å². The van der Waals surface area contributed by atoms with Crippen LogP contribution in [0.25, 0.3) is 0 Å². The Hall–Kier alpha value is -1.75.